The van der Waals surface area contributed by atoms with Crippen molar-refractivity contribution < 1.29 is 19.4 Å². The molecule has 6 heteroatoms. The monoisotopic (exact) mass is 476 g/mol. The highest BCUT2D eigenvalue weighted by Crippen LogP contribution is 2.38. The summed E-state index contributed by atoms with van der Waals surface area (Å²) in [7, 11) is 0. The van der Waals surface area contributed by atoms with Crippen molar-refractivity contribution in [3.63, 3.8) is 0 Å². The average Bonchev–Trinajstić information content (AvgIpc) is 3.51. The van der Waals surface area contributed by atoms with Crippen LogP contribution >= 0.6 is 0 Å². The molecule has 0 saturated heterocycles. The van der Waals surface area contributed by atoms with Crippen molar-refractivity contribution in [2.75, 3.05) is 18.1 Å². The molecule has 0 radical (unpaired) electrons. The number of anilines is 1. The third-order valence-corrected chi connectivity index (χ3v) is 6.89. The second-order valence-corrected chi connectivity index (χ2v) is 9.09. The zero-order valence-electron chi connectivity index (χ0n) is 19.6. The van der Waals surface area contributed by atoms with Crippen LogP contribution in [0.2, 0.25) is 0 Å². The number of ether oxygens (including phenoxy) is 1. The number of phenols is 1. The topological polar surface area (TPSA) is 79.7 Å². The first-order chi connectivity index (χ1) is 17.6. The number of carbonyl (C=O) groups is 2. The minimum Gasteiger partial charge on any atom is -0.508 e. The lowest BCUT2D eigenvalue weighted by molar-refractivity contribution is -0.121. The molecule has 0 spiro atoms. The summed E-state index contributed by atoms with van der Waals surface area (Å²) < 4.78 is 5.61. The lowest BCUT2D eigenvalue weighted by atomic mass is 10.0. The molecule has 0 saturated carbocycles. The summed E-state index contributed by atoms with van der Waals surface area (Å²) in [5.74, 6) is -0.516. The molecule has 2 aliphatic rings. The predicted molar refractivity (Wildman–Crippen MR) is 139 cm³/mol. The van der Waals surface area contributed by atoms with Gasteiger partial charge in [-0.05, 0) is 71.9 Å². The Morgan fingerprint density at radius 3 is 2.58 bits per heavy atom. The molecule has 1 aromatic heterocycles. The molecule has 36 heavy (non-hydrogen) atoms. The normalized spacial score (nSPS) is 15.2. The van der Waals surface area contributed by atoms with Gasteiger partial charge in [-0.3, -0.25) is 4.79 Å². The summed E-state index contributed by atoms with van der Waals surface area (Å²) in [6.45, 7) is 0.281. The van der Waals surface area contributed by atoms with E-state index in [1.165, 1.54) is 0 Å². The van der Waals surface area contributed by atoms with Gasteiger partial charge >= 0.3 is 5.97 Å². The van der Waals surface area contributed by atoms with E-state index in [4.69, 9.17) is 9.72 Å². The van der Waals surface area contributed by atoms with Gasteiger partial charge in [0.25, 0.3) is 5.91 Å². The summed E-state index contributed by atoms with van der Waals surface area (Å²) >= 11 is 0. The molecule has 0 unspecified atom stereocenters. The van der Waals surface area contributed by atoms with Gasteiger partial charge in [0.2, 0.25) is 0 Å². The van der Waals surface area contributed by atoms with Gasteiger partial charge in [-0.15, -0.1) is 0 Å². The number of carbonyl (C=O) groups excluding carboxylic acids is 2. The summed E-state index contributed by atoms with van der Waals surface area (Å²) in [5.41, 5.74) is 6.82. The van der Waals surface area contributed by atoms with Crippen molar-refractivity contribution in [3.05, 3.63) is 101 Å². The van der Waals surface area contributed by atoms with E-state index in [1.807, 2.05) is 66.7 Å². The fourth-order valence-corrected chi connectivity index (χ4v) is 5.16. The molecule has 4 aromatic rings. The maximum Gasteiger partial charge on any atom is 0.339 e. The average molecular weight is 477 g/mol. The number of aromatic nitrogens is 1. The van der Waals surface area contributed by atoms with Crippen LogP contribution in [0.25, 0.3) is 22.6 Å². The molecule has 1 aliphatic heterocycles. The van der Waals surface area contributed by atoms with E-state index in [1.54, 1.807) is 17.0 Å². The standard InChI is InChI=1S/C30H24N2O4/c33-22-12-9-19(10-13-22)17-21-11-14-24-28(23-6-2-3-7-25(23)31-29(21)24)30(35)36-18-27(34)32-16-15-20-5-1-4-8-26(20)32/h1-10,12-13,17,33H,11,14-16,18H2/b21-17+. The second kappa shape index (κ2) is 8.96. The maximum absolute atomic E-state index is 13.4. The van der Waals surface area contributed by atoms with Crippen LogP contribution in [0.5, 0.6) is 5.75 Å². The van der Waals surface area contributed by atoms with Crippen LogP contribution in [0.3, 0.4) is 0 Å². The number of pyridine rings is 1. The molecule has 178 valence electrons. The molecule has 3 aromatic carbocycles. The minimum atomic E-state index is -0.503. The van der Waals surface area contributed by atoms with Gasteiger partial charge in [0, 0.05) is 17.6 Å². The minimum absolute atomic E-state index is 0.213. The van der Waals surface area contributed by atoms with Crippen molar-refractivity contribution in [2.45, 2.75) is 19.3 Å². The van der Waals surface area contributed by atoms with Gasteiger partial charge in [-0.25, -0.2) is 9.78 Å². The number of amides is 1. The van der Waals surface area contributed by atoms with Gasteiger partial charge in [0.05, 0.1) is 16.8 Å². The number of para-hydroxylation sites is 2. The highest BCUT2D eigenvalue weighted by atomic mass is 16.5. The van der Waals surface area contributed by atoms with Gasteiger partial charge in [-0.2, -0.15) is 0 Å². The Bertz CT molecular complexity index is 1540. The third kappa shape index (κ3) is 3.90. The summed E-state index contributed by atoms with van der Waals surface area (Å²) in [4.78, 5) is 32.9. The fourth-order valence-electron chi connectivity index (χ4n) is 5.16. The highest BCUT2D eigenvalue weighted by molar-refractivity contribution is 6.08. The van der Waals surface area contributed by atoms with Crippen LogP contribution in [0.4, 0.5) is 5.69 Å². The molecule has 2 heterocycles. The van der Waals surface area contributed by atoms with Crippen molar-refractivity contribution in [1.29, 1.82) is 0 Å². The zero-order chi connectivity index (χ0) is 24.6. The molecule has 6 nitrogen and oxygen atoms in total. The molecule has 0 atom stereocenters. The molecular formula is C30H24N2O4. The number of hydrogen-bond donors (Lipinski definition) is 1. The van der Waals surface area contributed by atoms with E-state index in [0.29, 0.717) is 24.0 Å². The van der Waals surface area contributed by atoms with E-state index < -0.39 is 5.97 Å². The van der Waals surface area contributed by atoms with E-state index in [9.17, 15) is 14.7 Å². The molecule has 1 amide bonds. The SMILES string of the molecule is O=C(OCC(=O)N1CCc2ccccc21)c1c2c(nc3ccccc13)/C(=C/c1ccc(O)cc1)CC2. The Morgan fingerprint density at radius 1 is 0.944 bits per heavy atom. The number of phenolic OH excluding ortho intramolecular Hbond substituents is 1. The first kappa shape index (κ1) is 22.0. The molecular weight excluding hydrogens is 452 g/mol. The number of benzene rings is 3. The second-order valence-electron chi connectivity index (χ2n) is 9.09. The maximum atomic E-state index is 13.4. The van der Waals surface area contributed by atoms with Crippen molar-refractivity contribution in [1.82, 2.24) is 4.98 Å². The zero-order valence-corrected chi connectivity index (χ0v) is 19.6. The Hall–Kier alpha value is -4.45. The van der Waals surface area contributed by atoms with Crippen LogP contribution in [0.1, 0.15) is 39.2 Å². The van der Waals surface area contributed by atoms with Gasteiger partial charge in [0.15, 0.2) is 6.61 Å². The van der Waals surface area contributed by atoms with Crippen LogP contribution in [-0.2, 0) is 22.4 Å². The van der Waals surface area contributed by atoms with E-state index in [-0.39, 0.29) is 18.3 Å². The Kier molecular flexibility index (Phi) is 5.49. The quantitative estimate of drug-likeness (QED) is 0.411. The molecule has 1 N–H and O–H groups in total. The lowest BCUT2D eigenvalue weighted by Gasteiger charge is -2.18. The molecule has 0 bridgehead atoms. The largest absolute Gasteiger partial charge is 0.508 e. The summed E-state index contributed by atoms with van der Waals surface area (Å²) in [6.07, 6.45) is 4.24. The third-order valence-electron chi connectivity index (χ3n) is 6.89. The lowest BCUT2D eigenvalue weighted by Crippen LogP contribution is -2.33. The number of nitrogens with zero attached hydrogens (tertiary/aromatic N) is 2. The van der Waals surface area contributed by atoms with Crippen molar-refractivity contribution in [2.24, 2.45) is 0 Å². The Morgan fingerprint density at radius 2 is 1.72 bits per heavy atom. The first-order valence-electron chi connectivity index (χ1n) is 12.1. The Balaban J connectivity index is 1.31. The van der Waals surface area contributed by atoms with Crippen LogP contribution < -0.4 is 4.90 Å². The number of hydrogen-bond acceptors (Lipinski definition) is 5. The molecule has 0 fully saturated rings. The highest BCUT2D eigenvalue weighted by Gasteiger charge is 2.29. The van der Waals surface area contributed by atoms with Gasteiger partial charge in [0.1, 0.15) is 5.75 Å². The first-order valence-corrected chi connectivity index (χ1v) is 12.1. The number of esters is 1. The number of aromatic hydroxyl groups is 1. The smallest absolute Gasteiger partial charge is 0.339 e. The number of allylic oxidation sites excluding steroid dienone is 1. The Labute approximate surface area is 208 Å². The molecule has 1 aliphatic carbocycles. The van der Waals surface area contributed by atoms with Gasteiger partial charge < -0.3 is 14.7 Å². The van der Waals surface area contributed by atoms with Crippen molar-refractivity contribution >= 4 is 40.1 Å². The van der Waals surface area contributed by atoms with E-state index >= 15 is 0 Å². The predicted octanol–water partition coefficient (Wildman–Crippen LogP) is 5.17. The number of rotatable bonds is 4. The van der Waals surface area contributed by atoms with E-state index in [2.05, 4.69) is 0 Å². The summed E-state index contributed by atoms with van der Waals surface area (Å²) in [6, 6.07) is 22.3. The van der Waals surface area contributed by atoms with Gasteiger partial charge in [-0.1, -0.05) is 48.5 Å². The number of fused-ring (bicyclic) bond motifs is 3. The summed E-state index contributed by atoms with van der Waals surface area (Å²) in [5, 5.41) is 10.3. The van der Waals surface area contributed by atoms with Crippen molar-refractivity contribution in [3.8, 4) is 5.75 Å². The van der Waals surface area contributed by atoms with Crippen LogP contribution in [-0.4, -0.2) is 35.1 Å². The fraction of sp³-hybridized carbons (Fsp3) is 0.167. The van der Waals surface area contributed by atoms with Crippen LogP contribution in [0, 0.1) is 0 Å². The van der Waals surface area contributed by atoms with E-state index in [0.717, 1.165) is 51.9 Å². The molecule has 6 rings (SSSR count). The van der Waals surface area contributed by atoms with Crippen LogP contribution in [0.15, 0.2) is 72.8 Å².